The Balaban J connectivity index is 3.06. The smallest absolute Gasteiger partial charge is 0.298 e. The van der Waals surface area contributed by atoms with Crippen molar-refractivity contribution in [2.75, 3.05) is 12.1 Å². The molecule has 0 atom stereocenters. The Morgan fingerprint density at radius 1 is 1.41 bits per heavy atom. The van der Waals surface area contributed by atoms with Crippen LogP contribution in [-0.4, -0.2) is 17.9 Å². The van der Waals surface area contributed by atoms with Crippen LogP contribution in [0.25, 0.3) is 0 Å². The van der Waals surface area contributed by atoms with Gasteiger partial charge in [-0.05, 0) is 24.0 Å². The van der Waals surface area contributed by atoms with Gasteiger partial charge in [0.2, 0.25) is 0 Å². The first-order valence-electron chi connectivity index (χ1n) is 4.70. The summed E-state index contributed by atoms with van der Waals surface area (Å²) in [6.45, 7) is 0. The highest BCUT2D eigenvalue weighted by atomic mass is 35.5. The average molecular weight is 283 g/mol. The molecule has 1 rings (SSSR count). The topological polar surface area (TPSA) is 17.1 Å². The molecule has 17 heavy (non-hydrogen) atoms. The maximum Gasteiger partial charge on any atom is 0.416 e. The van der Waals surface area contributed by atoms with Gasteiger partial charge in [0.15, 0.2) is 5.78 Å². The normalized spacial score (nSPS) is 11.6. The van der Waals surface area contributed by atoms with Crippen molar-refractivity contribution in [1.29, 1.82) is 0 Å². The van der Waals surface area contributed by atoms with E-state index in [9.17, 15) is 18.0 Å². The molecule has 0 unspecified atom stereocenters. The molecule has 0 radical (unpaired) electrons. The molecule has 0 aliphatic heterocycles. The van der Waals surface area contributed by atoms with Crippen molar-refractivity contribution >= 4 is 29.1 Å². The standard InChI is InChI=1S/C11H10ClF3OS/c1-17-10-5-8(11(13,14)15)3-2-7(10)4-9(16)6-12/h2-3,5H,4,6H2,1H3. The molecule has 0 saturated carbocycles. The predicted molar refractivity (Wildman–Crippen MR) is 62.7 cm³/mol. The second-order valence-electron chi connectivity index (χ2n) is 3.37. The van der Waals surface area contributed by atoms with Crippen LogP contribution in [0.1, 0.15) is 11.1 Å². The molecule has 0 N–H and O–H groups in total. The Kier molecular flexibility index (Phi) is 4.89. The van der Waals surface area contributed by atoms with E-state index in [0.29, 0.717) is 10.5 Å². The zero-order valence-corrected chi connectivity index (χ0v) is 10.5. The number of thioether (sulfide) groups is 1. The Morgan fingerprint density at radius 3 is 2.53 bits per heavy atom. The third kappa shape index (κ3) is 3.92. The molecular weight excluding hydrogens is 273 g/mol. The van der Waals surface area contributed by atoms with Gasteiger partial charge in [0.1, 0.15) is 0 Å². The van der Waals surface area contributed by atoms with Crippen molar-refractivity contribution in [1.82, 2.24) is 0 Å². The number of alkyl halides is 4. The monoisotopic (exact) mass is 282 g/mol. The number of carbonyl (C=O) groups is 1. The number of hydrogen-bond acceptors (Lipinski definition) is 2. The Labute approximate surface area is 106 Å². The third-order valence-corrected chi connectivity index (χ3v) is 3.27. The van der Waals surface area contributed by atoms with Crippen LogP contribution in [0.15, 0.2) is 23.1 Å². The number of benzene rings is 1. The summed E-state index contributed by atoms with van der Waals surface area (Å²) in [5, 5.41) is 0. The van der Waals surface area contributed by atoms with E-state index in [-0.39, 0.29) is 18.1 Å². The Bertz CT molecular complexity index is 418. The summed E-state index contributed by atoms with van der Waals surface area (Å²) < 4.78 is 37.4. The zero-order chi connectivity index (χ0) is 13.1. The first-order valence-corrected chi connectivity index (χ1v) is 6.46. The molecule has 0 aliphatic carbocycles. The largest absolute Gasteiger partial charge is 0.416 e. The molecular formula is C11H10ClF3OS. The van der Waals surface area contributed by atoms with E-state index in [1.165, 1.54) is 17.8 Å². The quantitative estimate of drug-likeness (QED) is 0.617. The number of Topliss-reactive ketones (excluding diaryl/α,β-unsaturated/α-hetero) is 1. The second-order valence-corrected chi connectivity index (χ2v) is 4.49. The van der Waals surface area contributed by atoms with Gasteiger partial charge in [0.05, 0.1) is 11.4 Å². The zero-order valence-electron chi connectivity index (χ0n) is 8.97. The Morgan fingerprint density at radius 2 is 2.06 bits per heavy atom. The lowest BCUT2D eigenvalue weighted by Crippen LogP contribution is -2.08. The fourth-order valence-corrected chi connectivity index (χ4v) is 2.07. The lowest BCUT2D eigenvalue weighted by Gasteiger charge is -2.11. The maximum atomic E-state index is 12.5. The predicted octanol–water partition coefficient (Wildman–Crippen LogP) is 3.78. The van der Waals surface area contributed by atoms with E-state index in [2.05, 4.69) is 0 Å². The fourth-order valence-electron chi connectivity index (χ4n) is 1.33. The van der Waals surface area contributed by atoms with Crippen LogP contribution >= 0.6 is 23.4 Å². The first kappa shape index (κ1) is 14.4. The number of hydrogen-bond donors (Lipinski definition) is 0. The highest BCUT2D eigenvalue weighted by molar-refractivity contribution is 7.98. The molecule has 1 nitrogen and oxygen atoms in total. The van der Waals surface area contributed by atoms with E-state index in [1.807, 2.05) is 0 Å². The maximum absolute atomic E-state index is 12.5. The summed E-state index contributed by atoms with van der Waals surface area (Å²) in [5.41, 5.74) is -0.125. The Hall–Kier alpha value is -0.680. The van der Waals surface area contributed by atoms with Gasteiger partial charge in [0, 0.05) is 11.3 Å². The second kappa shape index (κ2) is 5.78. The minimum absolute atomic E-state index is 0.0673. The van der Waals surface area contributed by atoms with Gasteiger partial charge in [-0.2, -0.15) is 13.2 Å². The summed E-state index contributed by atoms with van der Waals surface area (Å²) in [7, 11) is 0. The van der Waals surface area contributed by atoms with Gasteiger partial charge in [-0.1, -0.05) is 6.07 Å². The molecule has 0 fully saturated rings. The lowest BCUT2D eigenvalue weighted by molar-refractivity contribution is -0.137. The molecule has 1 aromatic rings. The van der Waals surface area contributed by atoms with Crippen molar-refractivity contribution in [2.45, 2.75) is 17.5 Å². The lowest BCUT2D eigenvalue weighted by atomic mass is 10.1. The van der Waals surface area contributed by atoms with Crippen LogP contribution < -0.4 is 0 Å². The van der Waals surface area contributed by atoms with Gasteiger partial charge in [-0.3, -0.25) is 4.79 Å². The van der Waals surface area contributed by atoms with E-state index >= 15 is 0 Å². The van der Waals surface area contributed by atoms with Crippen LogP contribution in [-0.2, 0) is 17.4 Å². The molecule has 1 aromatic carbocycles. The average Bonchev–Trinajstić information content (AvgIpc) is 2.27. The van der Waals surface area contributed by atoms with Crippen molar-refractivity contribution in [3.63, 3.8) is 0 Å². The van der Waals surface area contributed by atoms with Crippen molar-refractivity contribution in [2.24, 2.45) is 0 Å². The molecule has 6 heteroatoms. The number of carbonyl (C=O) groups excluding carboxylic acids is 1. The number of rotatable bonds is 4. The van der Waals surface area contributed by atoms with Crippen LogP contribution in [0.3, 0.4) is 0 Å². The SMILES string of the molecule is CSc1cc(C(F)(F)F)ccc1CC(=O)CCl. The van der Waals surface area contributed by atoms with Gasteiger partial charge in [-0.15, -0.1) is 23.4 Å². The summed E-state index contributed by atoms with van der Waals surface area (Å²) in [6.07, 6.45) is -2.62. The number of halogens is 4. The summed E-state index contributed by atoms with van der Waals surface area (Å²) in [5.74, 6) is -0.337. The van der Waals surface area contributed by atoms with Crippen molar-refractivity contribution < 1.29 is 18.0 Å². The minimum Gasteiger partial charge on any atom is -0.298 e. The van der Waals surface area contributed by atoms with Crippen molar-refractivity contribution in [3.8, 4) is 0 Å². The molecule has 0 spiro atoms. The summed E-state index contributed by atoms with van der Waals surface area (Å²) >= 11 is 6.55. The molecule has 94 valence electrons. The van der Waals surface area contributed by atoms with Gasteiger partial charge >= 0.3 is 6.18 Å². The fraction of sp³-hybridized carbons (Fsp3) is 0.364. The van der Waals surface area contributed by atoms with Gasteiger partial charge in [-0.25, -0.2) is 0 Å². The number of ketones is 1. The molecule has 0 saturated heterocycles. The first-order chi connectivity index (χ1) is 7.88. The van der Waals surface area contributed by atoms with Crippen LogP contribution in [0.2, 0.25) is 0 Å². The van der Waals surface area contributed by atoms with E-state index in [0.717, 1.165) is 12.1 Å². The van der Waals surface area contributed by atoms with Crippen LogP contribution in [0.5, 0.6) is 0 Å². The minimum atomic E-state index is -4.36. The van der Waals surface area contributed by atoms with Crippen molar-refractivity contribution in [3.05, 3.63) is 29.3 Å². The van der Waals surface area contributed by atoms with Crippen LogP contribution in [0, 0.1) is 0 Å². The molecule has 0 aliphatic rings. The van der Waals surface area contributed by atoms with E-state index in [4.69, 9.17) is 11.6 Å². The van der Waals surface area contributed by atoms with Gasteiger partial charge in [0.25, 0.3) is 0 Å². The third-order valence-electron chi connectivity index (χ3n) is 2.15. The van der Waals surface area contributed by atoms with Gasteiger partial charge < -0.3 is 0 Å². The summed E-state index contributed by atoms with van der Waals surface area (Å²) in [6, 6.07) is 3.37. The molecule has 0 amide bonds. The molecule has 0 aromatic heterocycles. The highest BCUT2D eigenvalue weighted by Crippen LogP contribution is 2.33. The molecule has 0 heterocycles. The van der Waals surface area contributed by atoms with Crippen LogP contribution in [0.4, 0.5) is 13.2 Å². The van der Waals surface area contributed by atoms with E-state index in [1.54, 1.807) is 6.26 Å². The molecule has 0 bridgehead atoms. The summed E-state index contributed by atoms with van der Waals surface area (Å²) in [4.78, 5) is 11.6. The highest BCUT2D eigenvalue weighted by Gasteiger charge is 2.30. The van der Waals surface area contributed by atoms with E-state index < -0.39 is 11.7 Å².